The molecule has 2 heterocycles. The molecule has 8 heteroatoms. The van der Waals surface area contributed by atoms with Gasteiger partial charge in [0, 0.05) is 43.0 Å². The third kappa shape index (κ3) is 5.96. The Morgan fingerprint density at radius 2 is 2.10 bits per heavy atom. The molecule has 0 bridgehead atoms. The fraction of sp³-hybridized carbons (Fsp3) is 0.524. The fourth-order valence-corrected chi connectivity index (χ4v) is 4.29. The van der Waals surface area contributed by atoms with E-state index in [1.54, 1.807) is 18.4 Å². The van der Waals surface area contributed by atoms with E-state index >= 15 is 0 Å². The molecule has 158 valence electrons. The smallest absolute Gasteiger partial charge is 0.191 e. The summed E-state index contributed by atoms with van der Waals surface area (Å²) < 4.78 is 27.9. The van der Waals surface area contributed by atoms with E-state index in [2.05, 4.69) is 44.7 Å². The molecule has 1 saturated heterocycles. The Kier molecular flexibility index (Phi) is 7.55. The maximum Gasteiger partial charge on any atom is 0.191 e. The predicted molar refractivity (Wildman–Crippen MR) is 114 cm³/mol. The first-order chi connectivity index (χ1) is 14.0. The second kappa shape index (κ2) is 10.1. The van der Waals surface area contributed by atoms with Crippen molar-refractivity contribution in [2.24, 2.45) is 4.99 Å². The number of aromatic nitrogens is 1. The number of hydrogen-bond donors (Lipinski definition) is 2. The fourth-order valence-electron chi connectivity index (χ4n) is 3.46. The van der Waals surface area contributed by atoms with Gasteiger partial charge in [-0.1, -0.05) is 19.9 Å². The highest BCUT2D eigenvalue weighted by atomic mass is 32.1. The molecule has 1 aromatic heterocycles. The van der Waals surface area contributed by atoms with E-state index in [0.29, 0.717) is 25.0 Å². The third-order valence-electron chi connectivity index (χ3n) is 5.01. The summed E-state index contributed by atoms with van der Waals surface area (Å²) in [6.45, 7) is 6.70. The van der Waals surface area contributed by atoms with Gasteiger partial charge < -0.3 is 10.6 Å². The monoisotopic (exact) mass is 421 g/mol. The Balaban J connectivity index is 1.53. The Bertz CT molecular complexity index is 816. The molecule has 0 radical (unpaired) electrons. The summed E-state index contributed by atoms with van der Waals surface area (Å²) >= 11 is 1.68. The van der Waals surface area contributed by atoms with Crippen LogP contribution >= 0.6 is 11.3 Å². The van der Waals surface area contributed by atoms with E-state index in [4.69, 9.17) is 0 Å². The molecule has 2 aromatic rings. The van der Waals surface area contributed by atoms with Crippen LogP contribution in [-0.4, -0.2) is 42.0 Å². The van der Waals surface area contributed by atoms with Crippen LogP contribution in [0.2, 0.25) is 0 Å². The molecule has 1 fully saturated rings. The second-order valence-corrected chi connectivity index (χ2v) is 8.57. The van der Waals surface area contributed by atoms with Crippen LogP contribution in [0.5, 0.6) is 0 Å². The maximum absolute atomic E-state index is 14.0. The summed E-state index contributed by atoms with van der Waals surface area (Å²) in [5, 5.41) is 9.95. The van der Waals surface area contributed by atoms with Crippen molar-refractivity contribution in [1.82, 2.24) is 20.5 Å². The van der Waals surface area contributed by atoms with Crippen LogP contribution in [0.3, 0.4) is 0 Å². The molecule has 29 heavy (non-hydrogen) atoms. The quantitative estimate of drug-likeness (QED) is 0.549. The van der Waals surface area contributed by atoms with Gasteiger partial charge in [-0.3, -0.25) is 9.89 Å². The number of halogens is 2. The van der Waals surface area contributed by atoms with E-state index in [1.165, 1.54) is 18.2 Å². The number of piperidine rings is 1. The van der Waals surface area contributed by atoms with Crippen LogP contribution < -0.4 is 10.6 Å². The van der Waals surface area contributed by atoms with E-state index in [-0.39, 0.29) is 18.2 Å². The highest BCUT2D eigenvalue weighted by molar-refractivity contribution is 7.09. The van der Waals surface area contributed by atoms with Crippen molar-refractivity contribution < 1.29 is 8.78 Å². The zero-order valence-corrected chi connectivity index (χ0v) is 18.0. The maximum atomic E-state index is 14.0. The van der Waals surface area contributed by atoms with Gasteiger partial charge in [-0.15, -0.1) is 11.3 Å². The van der Waals surface area contributed by atoms with Crippen LogP contribution in [0.15, 0.2) is 28.6 Å². The van der Waals surface area contributed by atoms with Gasteiger partial charge in [-0.2, -0.15) is 0 Å². The molecule has 5 nitrogen and oxygen atoms in total. The molecule has 3 rings (SSSR count). The van der Waals surface area contributed by atoms with Crippen LogP contribution in [0, 0.1) is 11.6 Å². The molecule has 0 amide bonds. The normalized spacial score (nSPS) is 18.3. The van der Waals surface area contributed by atoms with Gasteiger partial charge >= 0.3 is 0 Å². The number of likely N-dealkylation sites (tertiary alicyclic amines) is 1. The van der Waals surface area contributed by atoms with Crippen molar-refractivity contribution in [3.05, 3.63) is 51.5 Å². The van der Waals surface area contributed by atoms with Gasteiger partial charge in [0.05, 0.1) is 17.2 Å². The van der Waals surface area contributed by atoms with Crippen LogP contribution in [0.1, 0.15) is 48.9 Å². The number of rotatable bonds is 6. The molecule has 1 unspecified atom stereocenters. The minimum absolute atomic E-state index is 0.139. The SMILES string of the molecule is CN=C(NCc1csc(C(C)C)n1)NC1CCCN(Cc2c(F)cccc2F)C1. The van der Waals surface area contributed by atoms with Crippen molar-refractivity contribution in [1.29, 1.82) is 0 Å². The lowest BCUT2D eigenvalue weighted by Crippen LogP contribution is -2.50. The van der Waals surface area contributed by atoms with E-state index < -0.39 is 11.6 Å². The largest absolute Gasteiger partial charge is 0.352 e. The molecule has 1 atom stereocenters. The molecule has 0 saturated carbocycles. The zero-order valence-electron chi connectivity index (χ0n) is 17.2. The Hall–Kier alpha value is -2.06. The molecular formula is C21H29F2N5S. The van der Waals surface area contributed by atoms with Gasteiger partial charge in [-0.05, 0) is 31.5 Å². The van der Waals surface area contributed by atoms with Gasteiger partial charge in [-0.25, -0.2) is 13.8 Å². The van der Waals surface area contributed by atoms with Crippen LogP contribution in [0.25, 0.3) is 0 Å². The average molecular weight is 422 g/mol. The molecule has 2 N–H and O–H groups in total. The lowest BCUT2D eigenvalue weighted by molar-refractivity contribution is 0.188. The summed E-state index contributed by atoms with van der Waals surface area (Å²) in [5.74, 6) is 0.176. The molecule has 1 aromatic carbocycles. The number of guanidine groups is 1. The highest BCUT2D eigenvalue weighted by Gasteiger charge is 2.22. The number of thiazole rings is 1. The van der Waals surface area contributed by atoms with Crippen LogP contribution in [0.4, 0.5) is 8.78 Å². The lowest BCUT2D eigenvalue weighted by atomic mass is 10.0. The van der Waals surface area contributed by atoms with Crippen molar-refractivity contribution in [2.45, 2.75) is 51.7 Å². The van der Waals surface area contributed by atoms with E-state index in [9.17, 15) is 8.78 Å². The van der Waals surface area contributed by atoms with Crippen molar-refractivity contribution >= 4 is 17.3 Å². The summed E-state index contributed by atoms with van der Waals surface area (Å²) in [5.41, 5.74) is 1.14. The lowest BCUT2D eigenvalue weighted by Gasteiger charge is -2.34. The topological polar surface area (TPSA) is 52.6 Å². The molecule has 1 aliphatic heterocycles. The van der Waals surface area contributed by atoms with Crippen LogP contribution in [-0.2, 0) is 13.1 Å². The van der Waals surface area contributed by atoms with Gasteiger partial charge in [0.15, 0.2) is 5.96 Å². The minimum Gasteiger partial charge on any atom is -0.352 e. The number of nitrogens with one attached hydrogen (secondary N) is 2. The van der Waals surface area contributed by atoms with E-state index in [0.717, 1.165) is 30.1 Å². The standard InChI is InChI=1S/C21H29F2N5S/c1-14(2)20-26-16(13-29-20)10-25-21(24-3)27-15-6-5-9-28(11-15)12-17-18(22)7-4-8-19(17)23/h4,7-8,13-15H,5-6,9-12H2,1-3H3,(H2,24,25,27). The zero-order chi connectivity index (χ0) is 20.8. The predicted octanol–water partition coefficient (Wildman–Crippen LogP) is 3.87. The molecule has 0 aliphatic carbocycles. The summed E-state index contributed by atoms with van der Waals surface area (Å²) in [7, 11) is 1.74. The highest BCUT2D eigenvalue weighted by Crippen LogP contribution is 2.20. The van der Waals surface area contributed by atoms with Crippen molar-refractivity contribution in [2.75, 3.05) is 20.1 Å². The Morgan fingerprint density at radius 3 is 2.76 bits per heavy atom. The van der Waals surface area contributed by atoms with Crippen molar-refractivity contribution in [3.8, 4) is 0 Å². The first-order valence-corrected chi connectivity index (χ1v) is 10.9. The molecular weight excluding hydrogens is 392 g/mol. The number of benzene rings is 1. The van der Waals surface area contributed by atoms with Gasteiger partial charge in [0.2, 0.25) is 0 Å². The minimum atomic E-state index is -0.485. The average Bonchev–Trinajstić information content (AvgIpc) is 3.18. The molecule has 1 aliphatic rings. The number of hydrogen-bond acceptors (Lipinski definition) is 4. The Labute approximate surface area is 175 Å². The number of aliphatic imine (C=N–C) groups is 1. The first-order valence-electron chi connectivity index (χ1n) is 10.0. The first kappa shape index (κ1) is 21.6. The summed E-state index contributed by atoms with van der Waals surface area (Å²) in [4.78, 5) is 11.0. The summed E-state index contributed by atoms with van der Waals surface area (Å²) in [6.07, 6.45) is 1.96. The number of nitrogens with zero attached hydrogens (tertiary/aromatic N) is 3. The third-order valence-corrected chi connectivity index (χ3v) is 6.21. The summed E-state index contributed by atoms with van der Waals surface area (Å²) in [6, 6.07) is 4.20. The molecule has 0 spiro atoms. The van der Waals surface area contributed by atoms with Gasteiger partial charge in [0.1, 0.15) is 11.6 Å². The van der Waals surface area contributed by atoms with E-state index in [1.807, 2.05) is 0 Å². The second-order valence-electron chi connectivity index (χ2n) is 7.68. The van der Waals surface area contributed by atoms with Gasteiger partial charge in [0.25, 0.3) is 0 Å². The Morgan fingerprint density at radius 1 is 1.34 bits per heavy atom. The van der Waals surface area contributed by atoms with Crippen molar-refractivity contribution in [3.63, 3.8) is 0 Å².